The van der Waals surface area contributed by atoms with E-state index >= 15 is 0 Å². The highest BCUT2D eigenvalue weighted by Crippen LogP contribution is 2.13. The zero-order valence-corrected chi connectivity index (χ0v) is 10.9. The summed E-state index contributed by atoms with van der Waals surface area (Å²) < 4.78 is 0. The van der Waals surface area contributed by atoms with Gasteiger partial charge in [0.15, 0.2) is 0 Å². The fraction of sp³-hybridized carbons (Fsp3) is 0.357. The average Bonchev–Trinajstić information content (AvgIpc) is 2.30. The zero-order chi connectivity index (χ0) is 13.5. The summed E-state index contributed by atoms with van der Waals surface area (Å²) in [5, 5.41) is 9.24. The summed E-state index contributed by atoms with van der Waals surface area (Å²) in [6.45, 7) is 2.51. The molecule has 0 amide bonds. The third-order valence-electron chi connectivity index (χ3n) is 2.67. The van der Waals surface area contributed by atoms with E-state index in [1.54, 1.807) is 11.9 Å². The highest BCUT2D eigenvalue weighted by Gasteiger charge is 2.17. The number of carboxylic acid groups (broad SMARTS) is 1. The van der Waals surface area contributed by atoms with E-state index < -0.39 is 5.97 Å². The van der Waals surface area contributed by atoms with Crippen LogP contribution in [0.2, 0.25) is 0 Å². The molecule has 0 heterocycles. The van der Waals surface area contributed by atoms with Crippen molar-refractivity contribution in [3.05, 3.63) is 47.3 Å². The Balaban J connectivity index is 2.88. The number of carbonyl (C=O) groups is 1. The van der Waals surface area contributed by atoms with Crippen LogP contribution in [0.25, 0.3) is 0 Å². The number of benzene rings is 1. The van der Waals surface area contributed by atoms with Crippen molar-refractivity contribution in [3.8, 4) is 0 Å². The van der Waals surface area contributed by atoms with Crippen molar-refractivity contribution in [3.63, 3.8) is 0 Å². The summed E-state index contributed by atoms with van der Waals surface area (Å²) in [6, 6.07) is 9.73. The molecule has 98 valence electrons. The topological polar surface area (TPSA) is 66.6 Å². The lowest BCUT2D eigenvalue weighted by molar-refractivity contribution is -0.134. The van der Waals surface area contributed by atoms with Gasteiger partial charge in [-0.25, -0.2) is 4.79 Å². The quantitative estimate of drug-likeness (QED) is 0.757. The number of carboxylic acids is 1. The number of nitrogens with zero attached hydrogens (tertiary/aromatic N) is 1. The Kier molecular flexibility index (Phi) is 5.24. The third kappa shape index (κ3) is 3.80. The molecule has 0 saturated heterocycles. The van der Waals surface area contributed by atoms with Gasteiger partial charge in [-0.1, -0.05) is 43.7 Å². The number of hydrogen-bond acceptors (Lipinski definition) is 3. The van der Waals surface area contributed by atoms with E-state index in [1.807, 2.05) is 37.3 Å². The maximum Gasteiger partial charge on any atom is 0.353 e. The first kappa shape index (κ1) is 14.1. The molecule has 0 bridgehead atoms. The van der Waals surface area contributed by atoms with Gasteiger partial charge < -0.3 is 15.7 Å². The summed E-state index contributed by atoms with van der Waals surface area (Å²) in [5.41, 5.74) is 7.53. The Morgan fingerprint density at radius 1 is 1.33 bits per heavy atom. The van der Waals surface area contributed by atoms with Gasteiger partial charge >= 0.3 is 5.97 Å². The van der Waals surface area contributed by atoms with Gasteiger partial charge in [0, 0.05) is 19.3 Å². The summed E-state index contributed by atoms with van der Waals surface area (Å²) in [7, 11) is 1.75. The van der Waals surface area contributed by atoms with Crippen LogP contribution in [-0.2, 0) is 11.3 Å². The smallest absolute Gasteiger partial charge is 0.353 e. The van der Waals surface area contributed by atoms with Gasteiger partial charge in [-0.15, -0.1) is 0 Å². The minimum Gasteiger partial charge on any atom is -0.477 e. The molecule has 0 aliphatic heterocycles. The number of hydrogen-bond donors (Lipinski definition) is 2. The molecular weight excluding hydrogens is 228 g/mol. The van der Waals surface area contributed by atoms with Gasteiger partial charge in [0.25, 0.3) is 0 Å². The molecule has 4 nitrogen and oxygen atoms in total. The molecule has 18 heavy (non-hydrogen) atoms. The first-order valence-corrected chi connectivity index (χ1v) is 6.03. The summed E-state index contributed by atoms with van der Waals surface area (Å²) >= 11 is 0. The summed E-state index contributed by atoms with van der Waals surface area (Å²) in [4.78, 5) is 13.0. The van der Waals surface area contributed by atoms with Crippen molar-refractivity contribution in [2.75, 3.05) is 7.05 Å². The fourth-order valence-electron chi connectivity index (χ4n) is 1.87. The highest BCUT2D eigenvalue weighted by atomic mass is 16.4. The van der Waals surface area contributed by atoms with Crippen molar-refractivity contribution < 1.29 is 9.90 Å². The number of likely N-dealkylation sites (N-methyl/N-ethyl adjacent to an activating group) is 1. The molecule has 0 aliphatic rings. The highest BCUT2D eigenvalue weighted by molar-refractivity contribution is 5.86. The Morgan fingerprint density at radius 3 is 2.44 bits per heavy atom. The van der Waals surface area contributed by atoms with Crippen LogP contribution in [0.5, 0.6) is 0 Å². The predicted molar refractivity (Wildman–Crippen MR) is 71.7 cm³/mol. The molecule has 0 aliphatic carbocycles. The van der Waals surface area contributed by atoms with Crippen LogP contribution < -0.4 is 5.73 Å². The van der Waals surface area contributed by atoms with E-state index in [9.17, 15) is 9.90 Å². The number of nitrogens with two attached hydrogens (primary N) is 1. The standard InChI is InChI=1S/C14H20N2O2/c1-3-7-12(15)13(14(17)18)16(2)10-11-8-5-4-6-9-11/h4-6,8-9H,3,7,10,15H2,1-2H3,(H,17,18). The van der Waals surface area contributed by atoms with Crippen molar-refractivity contribution >= 4 is 5.97 Å². The van der Waals surface area contributed by atoms with E-state index in [-0.39, 0.29) is 5.70 Å². The molecule has 0 atom stereocenters. The van der Waals surface area contributed by atoms with Gasteiger partial charge in [0.1, 0.15) is 5.70 Å². The van der Waals surface area contributed by atoms with E-state index in [1.165, 1.54) is 0 Å². The molecule has 4 heteroatoms. The van der Waals surface area contributed by atoms with Crippen LogP contribution in [0.3, 0.4) is 0 Å². The molecule has 0 unspecified atom stereocenters. The largest absolute Gasteiger partial charge is 0.477 e. The zero-order valence-electron chi connectivity index (χ0n) is 10.9. The maximum atomic E-state index is 11.3. The molecule has 1 aromatic rings. The third-order valence-corrected chi connectivity index (χ3v) is 2.67. The van der Waals surface area contributed by atoms with Gasteiger partial charge in [-0.2, -0.15) is 0 Å². The van der Waals surface area contributed by atoms with Crippen LogP contribution in [0.1, 0.15) is 25.3 Å². The van der Waals surface area contributed by atoms with E-state index in [0.717, 1.165) is 12.0 Å². The van der Waals surface area contributed by atoms with Crippen molar-refractivity contribution in [1.29, 1.82) is 0 Å². The second kappa shape index (κ2) is 6.69. The van der Waals surface area contributed by atoms with E-state index in [2.05, 4.69) is 0 Å². The SMILES string of the molecule is CCCC(N)=C(C(=O)O)N(C)Cc1ccccc1. The van der Waals surface area contributed by atoms with Crippen molar-refractivity contribution in [1.82, 2.24) is 4.90 Å². The molecule has 0 spiro atoms. The number of aliphatic carboxylic acids is 1. The summed E-state index contributed by atoms with van der Waals surface area (Å²) in [6.07, 6.45) is 1.43. The molecule has 0 saturated carbocycles. The molecule has 0 radical (unpaired) electrons. The molecule has 0 fully saturated rings. The van der Waals surface area contributed by atoms with Crippen LogP contribution >= 0.6 is 0 Å². The maximum absolute atomic E-state index is 11.3. The van der Waals surface area contributed by atoms with E-state index in [4.69, 9.17) is 5.73 Å². The van der Waals surface area contributed by atoms with Gasteiger partial charge in [-0.05, 0) is 12.0 Å². The lowest BCUT2D eigenvalue weighted by Gasteiger charge is -2.21. The minimum absolute atomic E-state index is 0.195. The molecule has 0 aromatic heterocycles. The van der Waals surface area contributed by atoms with E-state index in [0.29, 0.717) is 18.7 Å². The van der Waals surface area contributed by atoms with Crippen LogP contribution in [0, 0.1) is 0 Å². The molecule has 3 N–H and O–H groups in total. The first-order chi connectivity index (χ1) is 8.56. The normalized spacial score (nSPS) is 11.9. The monoisotopic (exact) mass is 248 g/mol. The Labute approximate surface area is 108 Å². The lowest BCUT2D eigenvalue weighted by Crippen LogP contribution is -2.27. The van der Waals surface area contributed by atoms with Gasteiger partial charge in [-0.3, -0.25) is 0 Å². The van der Waals surface area contributed by atoms with Crippen molar-refractivity contribution in [2.45, 2.75) is 26.3 Å². The van der Waals surface area contributed by atoms with Crippen LogP contribution in [0.15, 0.2) is 41.7 Å². The lowest BCUT2D eigenvalue weighted by atomic mass is 10.1. The van der Waals surface area contributed by atoms with Crippen molar-refractivity contribution in [2.24, 2.45) is 5.73 Å². The minimum atomic E-state index is -0.973. The predicted octanol–water partition coefficient (Wildman–Crippen LogP) is 2.17. The van der Waals surface area contributed by atoms with Crippen LogP contribution in [0.4, 0.5) is 0 Å². The second-order valence-corrected chi connectivity index (χ2v) is 4.27. The Morgan fingerprint density at radius 2 is 1.94 bits per heavy atom. The molecular formula is C14H20N2O2. The molecule has 1 aromatic carbocycles. The second-order valence-electron chi connectivity index (χ2n) is 4.27. The fourth-order valence-corrected chi connectivity index (χ4v) is 1.87. The number of allylic oxidation sites excluding steroid dienone is 1. The van der Waals surface area contributed by atoms with Gasteiger partial charge in [0.2, 0.25) is 0 Å². The van der Waals surface area contributed by atoms with Crippen LogP contribution in [-0.4, -0.2) is 23.0 Å². The Bertz CT molecular complexity index is 427. The summed E-state index contributed by atoms with van der Waals surface area (Å²) in [5.74, 6) is -0.973. The first-order valence-electron chi connectivity index (χ1n) is 6.03. The van der Waals surface area contributed by atoms with Gasteiger partial charge in [0.05, 0.1) is 0 Å². The number of rotatable bonds is 6. The molecule has 1 rings (SSSR count). The average molecular weight is 248 g/mol. The Hall–Kier alpha value is -1.97.